The number of hydrogen-bond donors (Lipinski definition) is 2. The quantitative estimate of drug-likeness (QED) is 0.155. The summed E-state index contributed by atoms with van der Waals surface area (Å²) >= 11 is 12.6. The van der Waals surface area contributed by atoms with Crippen molar-refractivity contribution in [3.63, 3.8) is 0 Å². The molecule has 11 heteroatoms. The molecule has 1 aliphatic rings. The molecular formula is C37H40Cl2N6O3. The highest BCUT2D eigenvalue weighted by Crippen LogP contribution is 2.39. The van der Waals surface area contributed by atoms with E-state index < -0.39 is 5.60 Å². The molecule has 3 heterocycles. The molecule has 1 aliphatic heterocycles. The molecule has 2 aromatic heterocycles. The van der Waals surface area contributed by atoms with Gasteiger partial charge in [0, 0.05) is 71.3 Å². The highest BCUT2D eigenvalue weighted by molar-refractivity contribution is 6.31. The summed E-state index contributed by atoms with van der Waals surface area (Å²) in [7, 11) is 0. The third-order valence-corrected chi connectivity index (χ3v) is 8.82. The van der Waals surface area contributed by atoms with Crippen LogP contribution in [0.15, 0.2) is 79.1 Å². The van der Waals surface area contributed by atoms with Gasteiger partial charge in [-0.2, -0.15) is 0 Å². The minimum atomic E-state index is -0.511. The van der Waals surface area contributed by atoms with Gasteiger partial charge in [-0.25, -0.2) is 9.78 Å². The largest absolute Gasteiger partial charge is 0.444 e. The maximum absolute atomic E-state index is 14.0. The number of aromatic nitrogens is 3. The van der Waals surface area contributed by atoms with Crippen molar-refractivity contribution in [2.24, 2.45) is 0 Å². The first-order valence-electron chi connectivity index (χ1n) is 16.2. The van der Waals surface area contributed by atoms with Gasteiger partial charge in [-0.05, 0) is 63.6 Å². The Balaban J connectivity index is 1.22. The molecule has 0 atom stereocenters. The molecule has 2 amide bonds. The fourth-order valence-corrected chi connectivity index (χ4v) is 6.32. The number of ether oxygens (including phenoxy) is 1. The van der Waals surface area contributed by atoms with E-state index in [1.54, 1.807) is 4.90 Å². The summed E-state index contributed by atoms with van der Waals surface area (Å²) in [6, 6.07) is 23.4. The zero-order valence-electron chi connectivity index (χ0n) is 27.4. The van der Waals surface area contributed by atoms with E-state index in [0.29, 0.717) is 41.9 Å². The molecule has 0 saturated carbocycles. The number of carbonyl (C=O) groups excluding carboxylic acids is 2. The first-order chi connectivity index (χ1) is 23.1. The van der Waals surface area contributed by atoms with E-state index in [0.717, 1.165) is 65.0 Å². The van der Waals surface area contributed by atoms with Crippen molar-refractivity contribution in [3.8, 4) is 22.5 Å². The summed E-state index contributed by atoms with van der Waals surface area (Å²) in [5.41, 5.74) is 5.09. The number of carbonyl (C=O) groups is 2. The molecule has 9 nitrogen and oxygen atoms in total. The van der Waals surface area contributed by atoms with Crippen molar-refractivity contribution in [2.45, 2.75) is 39.3 Å². The topological polar surface area (TPSA) is 95.5 Å². The third kappa shape index (κ3) is 7.86. The fourth-order valence-electron chi connectivity index (χ4n) is 6.02. The highest BCUT2D eigenvalue weighted by Gasteiger charge is 2.27. The van der Waals surface area contributed by atoms with E-state index >= 15 is 0 Å². The van der Waals surface area contributed by atoms with E-state index in [9.17, 15) is 9.59 Å². The van der Waals surface area contributed by atoms with Gasteiger partial charge in [0.2, 0.25) is 0 Å². The Bertz CT molecular complexity index is 1890. The molecule has 3 aromatic carbocycles. The lowest BCUT2D eigenvalue weighted by atomic mass is 10.0. The van der Waals surface area contributed by atoms with Crippen LogP contribution in [0.4, 0.5) is 4.79 Å². The molecule has 2 N–H and O–H groups in total. The van der Waals surface area contributed by atoms with Crippen LogP contribution in [-0.4, -0.2) is 81.2 Å². The van der Waals surface area contributed by atoms with Gasteiger partial charge >= 0.3 is 6.09 Å². The Morgan fingerprint density at radius 3 is 2.35 bits per heavy atom. The molecule has 1 saturated heterocycles. The van der Waals surface area contributed by atoms with Crippen LogP contribution in [0.25, 0.3) is 33.4 Å². The van der Waals surface area contributed by atoms with E-state index in [-0.39, 0.29) is 12.0 Å². The van der Waals surface area contributed by atoms with Crippen molar-refractivity contribution < 1.29 is 14.3 Å². The Hall–Kier alpha value is -4.31. The zero-order chi connectivity index (χ0) is 33.8. The second-order valence-corrected chi connectivity index (χ2v) is 13.9. The van der Waals surface area contributed by atoms with E-state index in [2.05, 4.69) is 19.8 Å². The number of H-pyrrole nitrogens is 1. The Morgan fingerprint density at radius 1 is 0.938 bits per heavy atom. The van der Waals surface area contributed by atoms with Crippen molar-refractivity contribution in [2.75, 3.05) is 39.3 Å². The summed E-state index contributed by atoms with van der Waals surface area (Å²) in [4.78, 5) is 38.7. The number of piperazine rings is 1. The zero-order valence-corrected chi connectivity index (χ0v) is 28.9. The molecule has 6 rings (SSSR count). The van der Waals surface area contributed by atoms with Crippen LogP contribution in [0.2, 0.25) is 10.0 Å². The molecule has 48 heavy (non-hydrogen) atoms. The summed E-state index contributed by atoms with van der Waals surface area (Å²) in [5, 5.41) is 5.27. The molecule has 0 spiro atoms. The van der Waals surface area contributed by atoms with Crippen LogP contribution in [0.5, 0.6) is 0 Å². The van der Waals surface area contributed by atoms with Crippen molar-refractivity contribution in [1.29, 1.82) is 0 Å². The number of rotatable bonds is 9. The Labute approximate surface area is 290 Å². The monoisotopic (exact) mass is 686 g/mol. The number of fused-ring (bicyclic) bond motifs is 1. The predicted octanol–water partition coefficient (Wildman–Crippen LogP) is 7.73. The number of aromatic amines is 1. The Morgan fingerprint density at radius 2 is 1.65 bits per heavy atom. The van der Waals surface area contributed by atoms with Crippen molar-refractivity contribution >= 4 is 46.1 Å². The fraction of sp³-hybridized carbons (Fsp3) is 0.324. The number of nitrogens with zero attached hydrogens (tertiary/aromatic N) is 4. The Kier molecular flexibility index (Phi) is 10.1. The maximum Gasteiger partial charge on any atom is 0.410 e. The third-order valence-electron chi connectivity index (χ3n) is 8.34. The number of benzene rings is 3. The van der Waals surface area contributed by atoms with Gasteiger partial charge in [-0.15, -0.1) is 0 Å². The van der Waals surface area contributed by atoms with E-state index in [4.69, 9.17) is 32.9 Å². The molecule has 0 bridgehead atoms. The second-order valence-electron chi connectivity index (χ2n) is 13.0. The van der Waals surface area contributed by atoms with E-state index in [1.165, 1.54) is 0 Å². The maximum atomic E-state index is 14.0. The number of imidazole rings is 1. The number of amides is 2. The second kappa shape index (κ2) is 14.4. The first-order valence-corrected chi connectivity index (χ1v) is 17.0. The molecule has 0 unspecified atom stereocenters. The van der Waals surface area contributed by atoms with Gasteiger partial charge in [0.1, 0.15) is 11.3 Å². The average Bonchev–Trinajstić information content (AvgIpc) is 3.64. The lowest BCUT2D eigenvalue weighted by molar-refractivity contribution is 0.0144. The van der Waals surface area contributed by atoms with Gasteiger partial charge in [0.15, 0.2) is 0 Å². The lowest BCUT2D eigenvalue weighted by Crippen LogP contribution is -2.50. The normalized spacial score (nSPS) is 14.0. The smallest absolute Gasteiger partial charge is 0.410 e. The van der Waals surface area contributed by atoms with Crippen LogP contribution in [0.3, 0.4) is 0 Å². The summed E-state index contributed by atoms with van der Waals surface area (Å²) in [6.45, 7) is 10.2. The minimum absolute atomic E-state index is 0.203. The van der Waals surface area contributed by atoms with Gasteiger partial charge in [-0.1, -0.05) is 71.7 Å². The van der Waals surface area contributed by atoms with E-state index in [1.807, 2.05) is 99.9 Å². The van der Waals surface area contributed by atoms with Gasteiger partial charge < -0.3 is 24.5 Å². The average molecular weight is 688 g/mol. The molecule has 1 fully saturated rings. The molecular weight excluding hydrogens is 647 g/mol. The van der Waals surface area contributed by atoms with Crippen LogP contribution in [0.1, 0.15) is 43.2 Å². The number of halogens is 2. The van der Waals surface area contributed by atoms with Gasteiger partial charge in [0.25, 0.3) is 5.91 Å². The van der Waals surface area contributed by atoms with Gasteiger partial charge in [-0.3, -0.25) is 9.69 Å². The van der Waals surface area contributed by atoms with Crippen molar-refractivity contribution in [3.05, 3.63) is 100 Å². The molecule has 0 radical (unpaired) electrons. The molecule has 0 aliphatic carbocycles. The van der Waals surface area contributed by atoms with Crippen LogP contribution in [0, 0.1) is 0 Å². The van der Waals surface area contributed by atoms with Crippen LogP contribution in [-0.2, 0) is 11.3 Å². The standard InChI is InChI=1S/C37H40Cl2N6O3/c1-37(2,3)48-36(47)44-20-18-43(19-21-44)17-7-16-40-35(46)33-31(29-15-14-28(39)22-30(29)42-33)34-32(26-8-5-4-6-9-26)41-24-45(34)23-25-10-12-27(38)13-11-25/h4-6,8-15,22,24,42H,7,16-21,23H2,1-3H3,(H,40,46). The number of nitrogens with one attached hydrogen (secondary N) is 2. The summed E-state index contributed by atoms with van der Waals surface area (Å²) in [6.07, 6.45) is 2.32. The van der Waals surface area contributed by atoms with Crippen molar-refractivity contribution in [1.82, 2.24) is 29.7 Å². The van der Waals surface area contributed by atoms with Crippen LogP contribution >= 0.6 is 23.2 Å². The number of hydrogen-bond acceptors (Lipinski definition) is 5. The lowest BCUT2D eigenvalue weighted by Gasteiger charge is -2.35. The van der Waals surface area contributed by atoms with Crippen LogP contribution < -0.4 is 5.32 Å². The molecule has 250 valence electrons. The summed E-state index contributed by atoms with van der Waals surface area (Å²) in [5.74, 6) is -0.203. The first kappa shape index (κ1) is 33.6. The summed E-state index contributed by atoms with van der Waals surface area (Å²) < 4.78 is 7.60. The predicted molar refractivity (Wildman–Crippen MR) is 192 cm³/mol. The SMILES string of the molecule is CC(C)(C)OC(=O)N1CCN(CCCNC(=O)c2[nH]c3cc(Cl)ccc3c2-c2c(-c3ccccc3)ncn2Cc2ccc(Cl)cc2)CC1. The van der Waals surface area contributed by atoms with Gasteiger partial charge in [0.05, 0.1) is 17.7 Å². The minimum Gasteiger partial charge on any atom is -0.444 e. The highest BCUT2D eigenvalue weighted by atomic mass is 35.5. The molecule has 5 aromatic rings.